The van der Waals surface area contributed by atoms with Crippen LogP contribution in [0.25, 0.3) is 0 Å². The van der Waals surface area contributed by atoms with Crippen LogP contribution in [-0.2, 0) is 0 Å². The predicted molar refractivity (Wildman–Crippen MR) is 61.5 cm³/mol. The van der Waals surface area contributed by atoms with E-state index in [0.717, 1.165) is 23.3 Å². The molecule has 2 rings (SSSR count). The molecule has 0 unspecified atom stereocenters. The number of anilines is 1. The second-order valence-electron chi connectivity index (χ2n) is 2.74. The van der Waals surface area contributed by atoms with Gasteiger partial charge in [0.2, 0.25) is 10.3 Å². The van der Waals surface area contributed by atoms with Gasteiger partial charge in [-0.1, -0.05) is 12.1 Å². The fraction of sp³-hybridized carbons (Fsp3) is 0. The molecule has 1 heterocycles. The maximum Gasteiger partial charge on any atom is 0.283 e. The third kappa shape index (κ3) is 2.28. The van der Waals surface area contributed by atoms with Crippen molar-refractivity contribution in [2.24, 2.45) is 0 Å². The van der Waals surface area contributed by atoms with Crippen molar-refractivity contribution in [3.63, 3.8) is 0 Å². The number of nitro groups is 1. The van der Waals surface area contributed by atoms with Crippen molar-refractivity contribution in [3.05, 3.63) is 34.4 Å². The van der Waals surface area contributed by atoms with Crippen LogP contribution in [0.3, 0.4) is 0 Å². The number of para-hydroxylation sites is 1. The Balaban J connectivity index is 2.31. The summed E-state index contributed by atoms with van der Waals surface area (Å²) in [5.41, 5.74) is 5.47. The first-order valence-corrected chi connectivity index (χ1v) is 5.76. The molecule has 0 radical (unpaired) electrons. The zero-order valence-electron chi connectivity index (χ0n) is 7.86. The molecule has 0 saturated heterocycles. The smallest absolute Gasteiger partial charge is 0.283 e. The van der Waals surface area contributed by atoms with Gasteiger partial charge in [-0.25, -0.2) is 0 Å². The molecule has 0 fully saturated rings. The topological polar surface area (TPSA) is 94.9 Å². The molecular weight excluding hydrogens is 248 g/mol. The third-order valence-corrected chi connectivity index (χ3v) is 3.27. The normalized spacial score (nSPS) is 10.2. The SMILES string of the molecule is Nc1nc(Sc2ccccc2[N+](=O)[O-])ns1. The molecule has 82 valence electrons. The lowest BCUT2D eigenvalue weighted by atomic mass is 10.3. The average Bonchev–Trinajstić information content (AvgIpc) is 2.64. The number of nitrogens with zero attached hydrogens (tertiary/aromatic N) is 3. The zero-order valence-corrected chi connectivity index (χ0v) is 9.49. The first-order chi connectivity index (χ1) is 7.66. The van der Waals surface area contributed by atoms with E-state index in [2.05, 4.69) is 9.36 Å². The van der Waals surface area contributed by atoms with Gasteiger partial charge >= 0.3 is 0 Å². The summed E-state index contributed by atoms with van der Waals surface area (Å²) in [6.45, 7) is 0. The van der Waals surface area contributed by atoms with E-state index in [1.807, 2.05) is 0 Å². The van der Waals surface area contributed by atoms with Gasteiger partial charge in [-0.2, -0.15) is 9.36 Å². The molecule has 6 nitrogen and oxygen atoms in total. The average molecular weight is 254 g/mol. The summed E-state index contributed by atoms with van der Waals surface area (Å²) in [7, 11) is 0. The molecule has 8 heteroatoms. The van der Waals surface area contributed by atoms with Gasteiger partial charge in [0.1, 0.15) is 0 Å². The third-order valence-electron chi connectivity index (χ3n) is 1.69. The lowest BCUT2D eigenvalue weighted by Crippen LogP contribution is -1.90. The van der Waals surface area contributed by atoms with Gasteiger partial charge in [-0.3, -0.25) is 10.1 Å². The summed E-state index contributed by atoms with van der Waals surface area (Å²) >= 11 is 2.19. The number of nitro benzene ring substituents is 1. The summed E-state index contributed by atoms with van der Waals surface area (Å²) in [5, 5.41) is 11.5. The number of aromatic nitrogens is 2. The van der Waals surface area contributed by atoms with E-state index in [-0.39, 0.29) is 5.69 Å². The van der Waals surface area contributed by atoms with Gasteiger partial charge in [-0.15, -0.1) is 0 Å². The van der Waals surface area contributed by atoms with Crippen molar-refractivity contribution in [1.82, 2.24) is 9.36 Å². The van der Waals surface area contributed by atoms with Crippen molar-refractivity contribution < 1.29 is 4.92 Å². The van der Waals surface area contributed by atoms with Crippen LogP contribution in [-0.4, -0.2) is 14.3 Å². The Labute approximate surface area is 98.8 Å². The number of hydrogen-bond donors (Lipinski definition) is 1. The lowest BCUT2D eigenvalue weighted by molar-refractivity contribution is -0.387. The van der Waals surface area contributed by atoms with Crippen LogP contribution in [0.15, 0.2) is 34.3 Å². The zero-order chi connectivity index (χ0) is 11.5. The first-order valence-electron chi connectivity index (χ1n) is 4.17. The number of benzene rings is 1. The standard InChI is InChI=1S/C8H6N4O2S2/c9-7-10-8(11-16-7)15-6-4-2-1-3-5(6)12(13)14/h1-4H,(H2,9,10,11). The second-order valence-corrected chi connectivity index (χ2v) is 4.53. The van der Waals surface area contributed by atoms with Crippen LogP contribution in [0, 0.1) is 10.1 Å². The van der Waals surface area contributed by atoms with Crippen LogP contribution in [0.4, 0.5) is 10.8 Å². The minimum Gasteiger partial charge on any atom is -0.374 e. The molecule has 0 bridgehead atoms. The van der Waals surface area contributed by atoms with E-state index < -0.39 is 4.92 Å². The summed E-state index contributed by atoms with van der Waals surface area (Å²) in [5.74, 6) is 0. The summed E-state index contributed by atoms with van der Waals surface area (Å²) < 4.78 is 3.96. The van der Waals surface area contributed by atoms with Crippen molar-refractivity contribution in [1.29, 1.82) is 0 Å². The van der Waals surface area contributed by atoms with Crippen molar-refractivity contribution >= 4 is 34.1 Å². The van der Waals surface area contributed by atoms with Crippen molar-refractivity contribution in [2.75, 3.05) is 5.73 Å². The predicted octanol–water partition coefficient (Wildman–Crippen LogP) is 2.18. The quantitative estimate of drug-likeness (QED) is 0.666. The lowest BCUT2D eigenvalue weighted by Gasteiger charge is -1.98. The largest absolute Gasteiger partial charge is 0.374 e. The molecule has 0 aliphatic heterocycles. The van der Waals surface area contributed by atoms with Gasteiger partial charge < -0.3 is 5.73 Å². The highest BCUT2D eigenvalue weighted by molar-refractivity contribution is 7.99. The van der Waals surface area contributed by atoms with Gasteiger partial charge in [-0.05, 0) is 17.8 Å². The van der Waals surface area contributed by atoms with E-state index in [4.69, 9.17) is 5.73 Å². The summed E-state index contributed by atoms with van der Waals surface area (Å²) in [6, 6.07) is 6.44. The Kier molecular flexibility index (Phi) is 3.02. The number of rotatable bonds is 3. The minimum atomic E-state index is -0.432. The van der Waals surface area contributed by atoms with E-state index >= 15 is 0 Å². The molecule has 16 heavy (non-hydrogen) atoms. The molecule has 1 aromatic heterocycles. The van der Waals surface area contributed by atoms with Crippen LogP contribution >= 0.6 is 23.3 Å². The van der Waals surface area contributed by atoms with Gasteiger partial charge in [0.15, 0.2) is 0 Å². The van der Waals surface area contributed by atoms with E-state index in [1.54, 1.807) is 18.2 Å². The first kappa shape index (κ1) is 10.8. The Morgan fingerprint density at radius 3 is 2.81 bits per heavy atom. The van der Waals surface area contributed by atoms with Crippen molar-refractivity contribution in [3.8, 4) is 0 Å². The van der Waals surface area contributed by atoms with E-state index in [0.29, 0.717) is 15.2 Å². The maximum atomic E-state index is 10.7. The van der Waals surface area contributed by atoms with Crippen LogP contribution in [0.5, 0.6) is 0 Å². The Hall–Kier alpha value is -1.67. The minimum absolute atomic E-state index is 0.0425. The van der Waals surface area contributed by atoms with E-state index in [9.17, 15) is 10.1 Å². The Bertz CT molecular complexity index is 528. The van der Waals surface area contributed by atoms with Gasteiger partial charge in [0, 0.05) is 17.6 Å². The van der Waals surface area contributed by atoms with Crippen LogP contribution in [0.1, 0.15) is 0 Å². The summed E-state index contributed by atoms with van der Waals surface area (Å²) in [6.07, 6.45) is 0. The molecule has 1 aromatic carbocycles. The van der Waals surface area contributed by atoms with E-state index in [1.165, 1.54) is 6.07 Å². The maximum absolute atomic E-state index is 10.7. The van der Waals surface area contributed by atoms with Crippen LogP contribution in [0.2, 0.25) is 0 Å². The highest BCUT2D eigenvalue weighted by atomic mass is 32.2. The molecule has 0 aliphatic rings. The second kappa shape index (κ2) is 4.45. The molecule has 2 N–H and O–H groups in total. The molecule has 0 aliphatic carbocycles. The monoisotopic (exact) mass is 254 g/mol. The molecule has 0 atom stereocenters. The van der Waals surface area contributed by atoms with Gasteiger partial charge in [0.05, 0.1) is 9.82 Å². The summed E-state index contributed by atoms with van der Waals surface area (Å²) in [4.78, 5) is 14.8. The number of nitrogen functional groups attached to an aromatic ring is 1. The molecule has 0 spiro atoms. The highest BCUT2D eigenvalue weighted by Crippen LogP contribution is 2.33. The molecule has 0 saturated carbocycles. The highest BCUT2D eigenvalue weighted by Gasteiger charge is 2.15. The number of hydrogen-bond acceptors (Lipinski definition) is 7. The Morgan fingerprint density at radius 2 is 2.19 bits per heavy atom. The fourth-order valence-corrected chi connectivity index (χ4v) is 2.45. The van der Waals surface area contributed by atoms with Gasteiger partial charge in [0.25, 0.3) is 5.69 Å². The fourth-order valence-electron chi connectivity index (χ4n) is 1.06. The Morgan fingerprint density at radius 1 is 1.44 bits per heavy atom. The molecule has 2 aromatic rings. The van der Waals surface area contributed by atoms with Crippen LogP contribution < -0.4 is 5.73 Å². The molecular formula is C8H6N4O2S2. The van der Waals surface area contributed by atoms with Crippen molar-refractivity contribution in [2.45, 2.75) is 10.1 Å². The number of nitrogens with two attached hydrogens (primary N) is 1. The molecule has 0 amide bonds.